The molecule has 0 spiro atoms. The van der Waals surface area contributed by atoms with E-state index in [1.54, 1.807) is 25.8 Å². The van der Waals surface area contributed by atoms with Gasteiger partial charge in [-0.1, -0.05) is 6.92 Å². The van der Waals surface area contributed by atoms with Gasteiger partial charge in [-0.05, 0) is 76.1 Å². The van der Waals surface area contributed by atoms with E-state index in [0.29, 0.717) is 68.8 Å². The molecular weight excluding hydrogens is 593 g/mol. The molecule has 0 saturated carbocycles. The minimum absolute atomic E-state index is 0.0528. The van der Waals surface area contributed by atoms with E-state index in [1.165, 1.54) is 35.6 Å². The first kappa shape index (κ1) is 33.3. The number of hydroxylamine groups is 2. The molecule has 1 saturated heterocycles. The summed E-state index contributed by atoms with van der Waals surface area (Å²) >= 11 is 0. The number of rotatable bonds is 11. The standard InChI is InChI=1S/C30H40FN5O7S/c1-6-20-18-23-25(27(37)32-5)26(21-8-10-22(31)11-9-21)41-28(23)33-24(20)19-36(44(39)40)13-7-12-34-14-16-35(17-15-34)43-29(38)42-30(2,3)4/h8-11,18,44H,6-7,12-17,19H2,1-5H3,(H,32,37). The molecule has 44 heavy (non-hydrogen) atoms. The van der Waals surface area contributed by atoms with Crippen LogP contribution in [0.1, 0.15) is 55.7 Å². The summed E-state index contributed by atoms with van der Waals surface area (Å²) < 4.78 is 50.6. The highest BCUT2D eigenvalue weighted by Crippen LogP contribution is 2.34. The van der Waals surface area contributed by atoms with Gasteiger partial charge in [-0.2, -0.15) is 4.31 Å². The maximum absolute atomic E-state index is 13.6. The molecule has 3 aromatic rings. The second kappa shape index (κ2) is 14.5. The molecule has 1 aliphatic rings. The molecule has 0 atom stereocenters. The first-order valence-corrected chi connectivity index (χ1v) is 15.7. The number of nitrogens with zero attached hydrogens (tertiary/aromatic N) is 4. The third kappa shape index (κ3) is 8.52. The van der Waals surface area contributed by atoms with Crippen molar-refractivity contribution >= 4 is 34.1 Å². The van der Waals surface area contributed by atoms with Crippen LogP contribution in [-0.4, -0.2) is 91.6 Å². The van der Waals surface area contributed by atoms with Gasteiger partial charge in [0, 0.05) is 45.3 Å². The lowest BCUT2D eigenvalue weighted by atomic mass is 10.0. The van der Waals surface area contributed by atoms with Gasteiger partial charge in [-0.15, -0.1) is 5.06 Å². The molecule has 12 nitrogen and oxygen atoms in total. The summed E-state index contributed by atoms with van der Waals surface area (Å²) in [7, 11) is -1.38. The number of amides is 1. The second-order valence-electron chi connectivity index (χ2n) is 11.5. The van der Waals surface area contributed by atoms with Crippen LogP contribution in [0.2, 0.25) is 0 Å². The number of furan rings is 1. The average molecular weight is 634 g/mol. The van der Waals surface area contributed by atoms with Crippen LogP contribution in [0.15, 0.2) is 34.7 Å². The SMILES string of the molecule is CCc1cc2c(C(=O)NC)c(-c3ccc(F)cc3)oc2nc1CN(CCCN1CCN(OC(=O)OC(C)(C)C)CC1)[SH](=O)=O. The van der Waals surface area contributed by atoms with Crippen LogP contribution in [0.5, 0.6) is 0 Å². The van der Waals surface area contributed by atoms with Crippen LogP contribution in [0.3, 0.4) is 0 Å². The summed E-state index contributed by atoms with van der Waals surface area (Å²) in [5.74, 6) is -0.531. The fourth-order valence-corrected chi connectivity index (χ4v) is 5.54. The van der Waals surface area contributed by atoms with Crippen LogP contribution in [0.25, 0.3) is 22.4 Å². The van der Waals surface area contributed by atoms with Gasteiger partial charge in [-0.3, -0.25) is 4.79 Å². The molecule has 0 radical (unpaired) electrons. The molecule has 1 N–H and O–H groups in total. The van der Waals surface area contributed by atoms with Crippen LogP contribution in [0.4, 0.5) is 9.18 Å². The number of ether oxygens (including phenoxy) is 1. The monoisotopic (exact) mass is 633 g/mol. The maximum atomic E-state index is 13.6. The number of aryl methyl sites for hydroxylation is 1. The van der Waals surface area contributed by atoms with Gasteiger partial charge in [0.05, 0.1) is 23.2 Å². The third-order valence-electron chi connectivity index (χ3n) is 7.17. The Kier molecular flexibility index (Phi) is 10.9. The molecule has 2 aromatic heterocycles. The Morgan fingerprint density at radius 3 is 2.41 bits per heavy atom. The van der Waals surface area contributed by atoms with Gasteiger partial charge in [-0.25, -0.2) is 22.6 Å². The van der Waals surface area contributed by atoms with Crippen molar-refractivity contribution in [1.82, 2.24) is 24.6 Å². The number of carbonyl (C=O) groups is 2. The van der Waals surface area contributed by atoms with Crippen molar-refractivity contribution in [2.24, 2.45) is 0 Å². The zero-order valence-electron chi connectivity index (χ0n) is 25.7. The van der Waals surface area contributed by atoms with E-state index in [-0.39, 0.29) is 29.5 Å². The summed E-state index contributed by atoms with van der Waals surface area (Å²) in [6.45, 7) is 10.6. The molecule has 14 heteroatoms. The highest BCUT2D eigenvalue weighted by Gasteiger charge is 2.26. The molecule has 3 heterocycles. The predicted octanol–water partition coefficient (Wildman–Crippen LogP) is 3.76. The summed E-state index contributed by atoms with van der Waals surface area (Å²) in [5.41, 5.74) is 1.69. The Balaban J connectivity index is 1.43. The van der Waals surface area contributed by atoms with Gasteiger partial charge >= 0.3 is 6.16 Å². The molecular formula is C30H40FN5O7S. The number of aromatic nitrogens is 1. The molecule has 0 unspecified atom stereocenters. The number of piperazine rings is 1. The van der Waals surface area contributed by atoms with Crippen LogP contribution >= 0.6 is 0 Å². The lowest BCUT2D eigenvalue weighted by Gasteiger charge is -2.33. The second-order valence-corrected chi connectivity index (χ2v) is 12.5. The minimum atomic E-state index is -2.89. The predicted molar refractivity (Wildman–Crippen MR) is 163 cm³/mol. The van der Waals surface area contributed by atoms with Crippen molar-refractivity contribution in [3.63, 3.8) is 0 Å². The summed E-state index contributed by atoms with van der Waals surface area (Å²) in [4.78, 5) is 36.9. The van der Waals surface area contributed by atoms with E-state index >= 15 is 0 Å². The number of benzene rings is 1. The van der Waals surface area contributed by atoms with E-state index in [1.807, 2.05) is 13.0 Å². The van der Waals surface area contributed by atoms with Gasteiger partial charge in [0.2, 0.25) is 16.6 Å². The molecule has 240 valence electrons. The maximum Gasteiger partial charge on any atom is 0.528 e. The van der Waals surface area contributed by atoms with Crippen LogP contribution < -0.4 is 5.32 Å². The fourth-order valence-electron chi connectivity index (χ4n) is 4.99. The normalized spacial score (nSPS) is 14.8. The molecule has 4 rings (SSSR count). The van der Waals surface area contributed by atoms with Crippen molar-refractivity contribution in [2.75, 3.05) is 46.3 Å². The van der Waals surface area contributed by atoms with Crippen molar-refractivity contribution in [2.45, 2.75) is 52.7 Å². The van der Waals surface area contributed by atoms with Gasteiger partial charge in [0.1, 0.15) is 17.2 Å². The molecule has 1 aliphatic heterocycles. The molecule has 0 bridgehead atoms. The number of halogens is 1. The van der Waals surface area contributed by atoms with E-state index < -0.39 is 28.5 Å². The molecule has 1 aromatic carbocycles. The Bertz CT molecular complexity index is 1540. The van der Waals surface area contributed by atoms with Gasteiger partial charge < -0.3 is 24.2 Å². The lowest BCUT2D eigenvalue weighted by Crippen LogP contribution is -2.47. The lowest BCUT2D eigenvalue weighted by molar-refractivity contribution is -0.158. The number of hydrogen-bond donors (Lipinski definition) is 2. The first-order valence-electron chi connectivity index (χ1n) is 14.6. The van der Waals surface area contributed by atoms with Crippen LogP contribution in [0, 0.1) is 5.82 Å². The number of hydrogen-bond acceptors (Lipinski definition) is 10. The number of thiol groups is 1. The van der Waals surface area contributed by atoms with E-state index in [0.717, 1.165) is 5.56 Å². The third-order valence-corrected chi connectivity index (χ3v) is 7.97. The van der Waals surface area contributed by atoms with Crippen molar-refractivity contribution in [3.8, 4) is 11.3 Å². The molecule has 1 amide bonds. The highest BCUT2D eigenvalue weighted by molar-refractivity contribution is 7.69. The number of fused-ring (bicyclic) bond motifs is 1. The quantitative estimate of drug-likeness (QED) is 0.238. The highest BCUT2D eigenvalue weighted by atomic mass is 32.2. The average Bonchev–Trinajstić information content (AvgIpc) is 3.34. The fraction of sp³-hybridized carbons (Fsp3) is 0.500. The van der Waals surface area contributed by atoms with Crippen molar-refractivity contribution < 1.29 is 36.4 Å². The smallest absolute Gasteiger partial charge is 0.437 e. The first-order chi connectivity index (χ1) is 20.9. The topological polar surface area (TPSA) is 135 Å². The van der Waals surface area contributed by atoms with E-state index in [4.69, 9.17) is 14.0 Å². The van der Waals surface area contributed by atoms with Gasteiger partial charge in [0.25, 0.3) is 5.91 Å². The van der Waals surface area contributed by atoms with Crippen molar-refractivity contribution in [3.05, 3.63) is 53.0 Å². The Hall–Kier alpha value is -3.59. The summed E-state index contributed by atoms with van der Waals surface area (Å²) in [6.07, 6.45) is 0.419. The molecule has 1 fully saturated rings. The largest absolute Gasteiger partial charge is 0.528 e. The number of carbonyl (C=O) groups excluding carboxylic acids is 2. The zero-order valence-corrected chi connectivity index (χ0v) is 26.6. The van der Waals surface area contributed by atoms with Gasteiger partial charge in [0.15, 0.2) is 0 Å². The summed E-state index contributed by atoms with van der Waals surface area (Å²) in [6, 6.07) is 7.44. The Labute approximate surface area is 258 Å². The zero-order chi connectivity index (χ0) is 32.0. The number of nitrogens with one attached hydrogen (secondary N) is 1. The Morgan fingerprint density at radius 2 is 1.82 bits per heavy atom. The number of pyridine rings is 1. The van der Waals surface area contributed by atoms with E-state index in [9.17, 15) is 22.4 Å². The van der Waals surface area contributed by atoms with E-state index in [2.05, 4.69) is 15.2 Å². The Morgan fingerprint density at radius 1 is 1.14 bits per heavy atom. The van der Waals surface area contributed by atoms with Crippen molar-refractivity contribution in [1.29, 1.82) is 0 Å². The van der Waals surface area contributed by atoms with Crippen LogP contribution in [-0.2, 0) is 33.4 Å². The minimum Gasteiger partial charge on any atom is -0.437 e. The molecule has 0 aliphatic carbocycles. The summed E-state index contributed by atoms with van der Waals surface area (Å²) in [5, 5.41) is 4.70.